The van der Waals surface area contributed by atoms with Crippen molar-refractivity contribution in [3.05, 3.63) is 82.7 Å². The van der Waals surface area contributed by atoms with Crippen molar-refractivity contribution in [3.8, 4) is 28.0 Å². The third-order valence-corrected chi connectivity index (χ3v) is 5.20. The number of aromatic amines is 1. The first-order valence-electron chi connectivity index (χ1n) is 8.64. The van der Waals surface area contributed by atoms with Gasteiger partial charge in [-0.3, -0.25) is 4.79 Å². The molecule has 3 aromatic carbocycles. The number of aromatic hydroxyl groups is 1. The second-order valence-electron chi connectivity index (χ2n) is 6.47. The summed E-state index contributed by atoms with van der Waals surface area (Å²) in [5, 5.41) is 10.6. The Balaban J connectivity index is 2.10. The highest BCUT2D eigenvalue weighted by Gasteiger charge is 2.19. The molecule has 0 saturated carbocycles. The van der Waals surface area contributed by atoms with E-state index in [0.717, 1.165) is 0 Å². The summed E-state index contributed by atoms with van der Waals surface area (Å²) in [6.07, 6.45) is 1.20. The first kappa shape index (κ1) is 18.8. The fourth-order valence-corrected chi connectivity index (χ4v) is 3.86. The van der Waals surface area contributed by atoms with E-state index in [1.165, 1.54) is 24.5 Å². The van der Waals surface area contributed by atoms with Gasteiger partial charge in [-0.15, -0.1) is 0 Å². The van der Waals surface area contributed by atoms with Gasteiger partial charge >= 0.3 is 0 Å². The molecule has 0 aliphatic heterocycles. The molecule has 8 heteroatoms. The summed E-state index contributed by atoms with van der Waals surface area (Å²) in [7, 11) is -2.62. The van der Waals surface area contributed by atoms with Crippen molar-refractivity contribution in [3.63, 3.8) is 0 Å². The van der Waals surface area contributed by atoms with Crippen molar-refractivity contribution in [1.29, 1.82) is 0 Å². The number of halogens is 1. The van der Waals surface area contributed by atoms with Crippen LogP contribution in [0.1, 0.15) is 5.56 Å². The van der Waals surface area contributed by atoms with Gasteiger partial charge in [0.05, 0.1) is 17.5 Å². The number of nitrogens with one attached hydrogen (secondary N) is 1. The van der Waals surface area contributed by atoms with E-state index < -0.39 is 22.1 Å². The minimum atomic E-state index is -2.62. The quantitative estimate of drug-likeness (QED) is 0.449. The summed E-state index contributed by atoms with van der Waals surface area (Å²) >= 11 is 0. The number of nitrogens with zero attached hydrogens (tertiary/aromatic N) is 1. The first-order valence-corrected chi connectivity index (χ1v) is 10.0. The number of phenols is 1. The van der Waals surface area contributed by atoms with E-state index in [1.54, 1.807) is 36.4 Å². The maximum Gasteiger partial charge on any atom is 0.259 e. The molecular weight excluding hydrogens is 395 g/mol. The molecule has 0 spiro atoms. The van der Waals surface area contributed by atoms with Crippen LogP contribution in [-0.4, -0.2) is 23.5 Å². The summed E-state index contributed by atoms with van der Waals surface area (Å²) in [5.41, 5.74) is 2.37. The third kappa shape index (κ3) is 3.62. The number of aromatic nitrogens is 2. The van der Waals surface area contributed by atoms with Crippen LogP contribution in [0, 0.1) is 5.82 Å². The molecule has 2 N–H and O–H groups in total. The number of thiol groups is 1. The molecule has 1 aromatic heterocycles. The Hall–Kier alpha value is -3.52. The van der Waals surface area contributed by atoms with Crippen molar-refractivity contribution >= 4 is 21.6 Å². The highest BCUT2D eigenvalue weighted by atomic mass is 32.2. The van der Waals surface area contributed by atoms with Gasteiger partial charge < -0.3 is 10.1 Å². The fourth-order valence-electron chi connectivity index (χ4n) is 3.37. The number of phenolic OH excluding ortho intramolecular Hbond substituents is 1. The Labute approximate surface area is 166 Å². The monoisotopic (exact) mass is 410 g/mol. The van der Waals surface area contributed by atoms with E-state index >= 15 is 0 Å². The summed E-state index contributed by atoms with van der Waals surface area (Å²) < 4.78 is 35.7. The van der Waals surface area contributed by atoms with Crippen LogP contribution < -0.4 is 5.56 Å². The second kappa shape index (κ2) is 7.48. The molecule has 0 bridgehead atoms. The van der Waals surface area contributed by atoms with Crippen LogP contribution in [-0.2, 0) is 16.5 Å². The number of hydrogen-bond acceptors (Lipinski definition) is 5. The van der Waals surface area contributed by atoms with E-state index in [0.29, 0.717) is 27.8 Å². The Morgan fingerprint density at radius 3 is 2.52 bits per heavy atom. The smallest absolute Gasteiger partial charge is 0.259 e. The lowest BCUT2D eigenvalue weighted by Crippen LogP contribution is -2.08. The molecule has 0 radical (unpaired) electrons. The number of rotatable bonds is 4. The average Bonchev–Trinajstić information content (AvgIpc) is 2.69. The molecule has 0 unspecified atom stereocenters. The van der Waals surface area contributed by atoms with Gasteiger partial charge in [0, 0.05) is 5.56 Å². The predicted molar refractivity (Wildman–Crippen MR) is 109 cm³/mol. The maximum absolute atomic E-state index is 13.4. The Morgan fingerprint density at radius 2 is 1.79 bits per heavy atom. The molecule has 0 aliphatic carbocycles. The van der Waals surface area contributed by atoms with Crippen LogP contribution in [0.2, 0.25) is 0 Å². The van der Waals surface area contributed by atoms with Gasteiger partial charge in [-0.05, 0) is 40.5 Å². The van der Waals surface area contributed by atoms with Gasteiger partial charge in [0.1, 0.15) is 27.8 Å². The molecule has 1 heterocycles. The molecule has 0 fully saturated rings. The van der Waals surface area contributed by atoms with Gasteiger partial charge in [-0.1, -0.05) is 36.4 Å². The summed E-state index contributed by atoms with van der Waals surface area (Å²) in [5.74, 6) is -0.742. The highest BCUT2D eigenvalue weighted by molar-refractivity contribution is 7.71. The molecule has 29 heavy (non-hydrogen) atoms. The van der Waals surface area contributed by atoms with Crippen LogP contribution in [0.5, 0.6) is 5.75 Å². The number of fused-ring (bicyclic) bond motifs is 1. The van der Waals surface area contributed by atoms with Crippen molar-refractivity contribution in [2.45, 2.75) is 5.75 Å². The SMILES string of the molecule is O=c1[nH]cnc2c(O)cc(-c3ccc(F)cc3)c(-c3cccc(C[SH](=O)=O)c3)c12. The maximum atomic E-state index is 13.4. The molecule has 0 atom stereocenters. The van der Waals surface area contributed by atoms with Gasteiger partial charge in [-0.2, -0.15) is 0 Å². The average molecular weight is 410 g/mol. The van der Waals surface area contributed by atoms with Gasteiger partial charge in [-0.25, -0.2) is 17.8 Å². The fraction of sp³-hybridized carbons (Fsp3) is 0.0476. The van der Waals surface area contributed by atoms with Crippen molar-refractivity contribution in [2.75, 3.05) is 0 Å². The zero-order valence-corrected chi connectivity index (χ0v) is 15.8. The molecule has 4 rings (SSSR count). The lowest BCUT2D eigenvalue weighted by Gasteiger charge is -2.15. The van der Waals surface area contributed by atoms with Crippen LogP contribution >= 0.6 is 0 Å². The highest BCUT2D eigenvalue weighted by Crippen LogP contribution is 2.40. The van der Waals surface area contributed by atoms with Gasteiger partial charge in [0.2, 0.25) is 0 Å². The van der Waals surface area contributed by atoms with Gasteiger partial charge in [0.25, 0.3) is 5.56 Å². The zero-order chi connectivity index (χ0) is 20.5. The van der Waals surface area contributed by atoms with E-state index in [4.69, 9.17) is 0 Å². The Bertz CT molecular complexity index is 1350. The number of H-pyrrole nitrogens is 1. The lowest BCUT2D eigenvalue weighted by atomic mass is 9.90. The molecule has 4 aromatic rings. The van der Waals surface area contributed by atoms with Crippen LogP contribution in [0.3, 0.4) is 0 Å². The molecule has 0 aliphatic rings. The Kier molecular flexibility index (Phi) is 4.85. The van der Waals surface area contributed by atoms with Crippen molar-refractivity contribution in [1.82, 2.24) is 9.97 Å². The number of benzene rings is 3. The molecule has 6 nitrogen and oxygen atoms in total. The predicted octanol–water partition coefficient (Wildman–Crippen LogP) is 3.21. The van der Waals surface area contributed by atoms with E-state index in [1.807, 2.05) is 0 Å². The van der Waals surface area contributed by atoms with E-state index in [-0.39, 0.29) is 22.4 Å². The second-order valence-corrected chi connectivity index (χ2v) is 7.45. The summed E-state index contributed by atoms with van der Waals surface area (Å²) in [6.45, 7) is 0. The van der Waals surface area contributed by atoms with Crippen LogP contribution in [0.4, 0.5) is 4.39 Å². The van der Waals surface area contributed by atoms with Gasteiger partial charge in [0.15, 0.2) is 0 Å². The summed E-state index contributed by atoms with van der Waals surface area (Å²) in [4.78, 5) is 19.3. The van der Waals surface area contributed by atoms with E-state index in [2.05, 4.69) is 9.97 Å². The Morgan fingerprint density at radius 1 is 1.03 bits per heavy atom. The topological polar surface area (TPSA) is 100 Å². The minimum absolute atomic E-state index is 0.120. The first-order chi connectivity index (χ1) is 13.9. The molecule has 0 saturated heterocycles. The lowest BCUT2D eigenvalue weighted by molar-refractivity contribution is 0.480. The molecular formula is C21H15FN2O4S. The van der Waals surface area contributed by atoms with E-state index in [9.17, 15) is 22.7 Å². The normalized spacial score (nSPS) is 11.2. The van der Waals surface area contributed by atoms with Crippen molar-refractivity contribution in [2.24, 2.45) is 0 Å². The standard InChI is InChI=1S/C21H15FN2O4S/c22-15-6-4-13(5-7-15)16-9-17(25)20-19(21(26)24-11-23-20)18(16)14-3-1-2-12(8-14)10-29(27)28/h1-9,11,25,29H,10H2,(H,23,24,26). The van der Waals surface area contributed by atoms with Crippen molar-refractivity contribution < 1.29 is 17.9 Å². The minimum Gasteiger partial charge on any atom is -0.506 e. The van der Waals surface area contributed by atoms with Crippen LogP contribution in [0.15, 0.2) is 65.7 Å². The third-order valence-electron chi connectivity index (χ3n) is 4.58. The molecule has 146 valence electrons. The van der Waals surface area contributed by atoms with Crippen LogP contribution in [0.25, 0.3) is 33.2 Å². The number of hydrogen-bond donors (Lipinski definition) is 3. The summed E-state index contributed by atoms with van der Waals surface area (Å²) in [6, 6.07) is 13.9. The molecule has 0 amide bonds. The largest absolute Gasteiger partial charge is 0.506 e. The zero-order valence-electron chi connectivity index (χ0n) is 14.9.